The molecular formula is C10H17NO2. The maximum atomic E-state index is 11.7. The summed E-state index contributed by atoms with van der Waals surface area (Å²) in [5, 5.41) is 0. The molecule has 3 heteroatoms. The van der Waals surface area contributed by atoms with Crippen LogP contribution < -0.4 is 0 Å². The van der Waals surface area contributed by atoms with Crippen LogP contribution in [0.1, 0.15) is 33.6 Å². The highest BCUT2D eigenvalue weighted by Crippen LogP contribution is 2.21. The molecular weight excluding hydrogens is 166 g/mol. The van der Waals surface area contributed by atoms with Crippen LogP contribution in [0.4, 0.5) is 0 Å². The van der Waals surface area contributed by atoms with Crippen molar-refractivity contribution in [2.24, 2.45) is 5.92 Å². The topological polar surface area (TPSA) is 37.4 Å². The first-order chi connectivity index (χ1) is 6.07. The number of rotatable bonds is 3. The van der Waals surface area contributed by atoms with Crippen molar-refractivity contribution in [2.45, 2.75) is 39.7 Å². The lowest BCUT2D eigenvalue weighted by molar-refractivity contribution is -0.137. The Bertz CT molecular complexity index is 223. The molecule has 0 spiro atoms. The van der Waals surface area contributed by atoms with Crippen molar-refractivity contribution in [3.05, 3.63) is 0 Å². The van der Waals surface area contributed by atoms with Crippen LogP contribution in [-0.2, 0) is 9.59 Å². The van der Waals surface area contributed by atoms with Crippen molar-refractivity contribution < 1.29 is 9.59 Å². The first-order valence-corrected chi connectivity index (χ1v) is 4.91. The van der Waals surface area contributed by atoms with E-state index in [9.17, 15) is 9.59 Å². The van der Waals surface area contributed by atoms with Gasteiger partial charge in [0.05, 0.1) is 5.92 Å². The number of ketones is 1. The van der Waals surface area contributed by atoms with Crippen LogP contribution >= 0.6 is 0 Å². The van der Waals surface area contributed by atoms with Gasteiger partial charge in [-0.1, -0.05) is 6.92 Å². The number of carbonyl (C=O) groups is 2. The molecule has 1 atom stereocenters. The van der Waals surface area contributed by atoms with E-state index >= 15 is 0 Å². The van der Waals surface area contributed by atoms with Crippen LogP contribution in [0.2, 0.25) is 0 Å². The highest BCUT2D eigenvalue weighted by Gasteiger charge is 2.36. The van der Waals surface area contributed by atoms with Crippen LogP contribution in [0.25, 0.3) is 0 Å². The molecule has 0 aromatic heterocycles. The molecule has 74 valence electrons. The standard InChI is InChI=1S/C10H17NO2/c1-4-9(12)8-5-6-11(7(2)3)10(8)13/h7-8H,4-6H2,1-3H3. The molecule has 1 aliphatic rings. The highest BCUT2D eigenvalue weighted by molar-refractivity contribution is 6.02. The Balaban J connectivity index is 2.65. The van der Waals surface area contributed by atoms with Crippen molar-refractivity contribution in [2.75, 3.05) is 6.54 Å². The summed E-state index contributed by atoms with van der Waals surface area (Å²) >= 11 is 0. The summed E-state index contributed by atoms with van der Waals surface area (Å²) in [4.78, 5) is 24.8. The van der Waals surface area contributed by atoms with Crippen LogP contribution in [-0.4, -0.2) is 29.2 Å². The lowest BCUT2D eigenvalue weighted by Gasteiger charge is -2.20. The predicted molar refractivity (Wildman–Crippen MR) is 50.3 cm³/mol. The van der Waals surface area contributed by atoms with Crippen LogP contribution in [0, 0.1) is 5.92 Å². The maximum absolute atomic E-state index is 11.7. The van der Waals surface area contributed by atoms with Crippen LogP contribution in [0.15, 0.2) is 0 Å². The van der Waals surface area contributed by atoms with E-state index in [0.29, 0.717) is 12.8 Å². The van der Waals surface area contributed by atoms with Gasteiger partial charge in [0.15, 0.2) is 0 Å². The fraction of sp³-hybridized carbons (Fsp3) is 0.800. The molecule has 0 aliphatic carbocycles. The summed E-state index contributed by atoms with van der Waals surface area (Å²) in [6.45, 7) is 6.52. The van der Waals surface area contributed by atoms with E-state index in [0.717, 1.165) is 6.54 Å². The third kappa shape index (κ3) is 1.90. The van der Waals surface area contributed by atoms with Gasteiger partial charge in [-0.15, -0.1) is 0 Å². The smallest absolute Gasteiger partial charge is 0.233 e. The molecule has 0 bridgehead atoms. The fourth-order valence-electron chi connectivity index (χ4n) is 1.76. The molecule has 1 saturated heterocycles. The fourth-order valence-corrected chi connectivity index (χ4v) is 1.76. The maximum Gasteiger partial charge on any atom is 0.233 e. The van der Waals surface area contributed by atoms with Gasteiger partial charge in [0.2, 0.25) is 5.91 Å². The minimum absolute atomic E-state index is 0.0295. The van der Waals surface area contributed by atoms with Gasteiger partial charge in [0, 0.05) is 19.0 Å². The van der Waals surface area contributed by atoms with Crippen molar-refractivity contribution in [3.63, 3.8) is 0 Å². The van der Waals surface area contributed by atoms with E-state index in [2.05, 4.69) is 0 Å². The molecule has 0 saturated carbocycles. The largest absolute Gasteiger partial charge is 0.340 e. The van der Waals surface area contributed by atoms with Crippen molar-refractivity contribution in [1.29, 1.82) is 0 Å². The molecule has 1 rings (SSSR count). The quantitative estimate of drug-likeness (QED) is 0.617. The zero-order valence-corrected chi connectivity index (χ0v) is 8.54. The van der Waals surface area contributed by atoms with Crippen LogP contribution in [0.5, 0.6) is 0 Å². The van der Waals surface area contributed by atoms with Gasteiger partial charge in [-0.3, -0.25) is 9.59 Å². The summed E-state index contributed by atoms with van der Waals surface area (Å²) < 4.78 is 0. The number of amides is 1. The zero-order chi connectivity index (χ0) is 10.0. The second-order valence-electron chi connectivity index (χ2n) is 3.79. The van der Waals surface area contributed by atoms with Gasteiger partial charge in [0.1, 0.15) is 5.78 Å². The first-order valence-electron chi connectivity index (χ1n) is 4.91. The molecule has 3 nitrogen and oxygen atoms in total. The van der Waals surface area contributed by atoms with E-state index in [1.54, 1.807) is 4.90 Å². The van der Waals surface area contributed by atoms with Gasteiger partial charge in [-0.25, -0.2) is 0 Å². The normalized spacial score (nSPS) is 22.9. The second kappa shape index (κ2) is 3.90. The van der Waals surface area contributed by atoms with Gasteiger partial charge in [-0.2, -0.15) is 0 Å². The van der Waals surface area contributed by atoms with Crippen molar-refractivity contribution in [1.82, 2.24) is 4.90 Å². The van der Waals surface area contributed by atoms with Gasteiger partial charge in [-0.05, 0) is 20.3 Å². The van der Waals surface area contributed by atoms with E-state index < -0.39 is 0 Å². The molecule has 0 N–H and O–H groups in total. The lowest BCUT2D eigenvalue weighted by Crippen LogP contribution is -2.35. The number of hydrogen-bond donors (Lipinski definition) is 0. The third-order valence-corrected chi connectivity index (χ3v) is 2.60. The summed E-state index contributed by atoms with van der Waals surface area (Å²) in [5.41, 5.74) is 0. The van der Waals surface area contributed by atoms with E-state index in [1.165, 1.54) is 0 Å². The Morgan fingerprint density at radius 1 is 1.62 bits per heavy atom. The summed E-state index contributed by atoms with van der Waals surface area (Å²) in [5.74, 6) is -0.220. The lowest BCUT2D eigenvalue weighted by atomic mass is 10.0. The molecule has 0 aromatic rings. The third-order valence-electron chi connectivity index (χ3n) is 2.60. The number of carbonyl (C=O) groups excluding carboxylic acids is 2. The number of hydrogen-bond acceptors (Lipinski definition) is 2. The van der Waals surface area contributed by atoms with E-state index in [1.807, 2.05) is 20.8 Å². The van der Waals surface area contributed by atoms with E-state index in [-0.39, 0.29) is 23.7 Å². The zero-order valence-electron chi connectivity index (χ0n) is 8.54. The first kappa shape index (κ1) is 10.2. The number of nitrogens with zero attached hydrogens (tertiary/aromatic N) is 1. The monoisotopic (exact) mass is 183 g/mol. The minimum Gasteiger partial charge on any atom is -0.340 e. The van der Waals surface area contributed by atoms with Crippen molar-refractivity contribution >= 4 is 11.7 Å². The molecule has 1 unspecified atom stereocenters. The Morgan fingerprint density at radius 3 is 2.62 bits per heavy atom. The molecule has 1 fully saturated rings. The van der Waals surface area contributed by atoms with Gasteiger partial charge >= 0.3 is 0 Å². The highest BCUT2D eigenvalue weighted by atomic mass is 16.2. The van der Waals surface area contributed by atoms with Gasteiger partial charge in [0.25, 0.3) is 0 Å². The summed E-state index contributed by atoms with van der Waals surface area (Å²) in [6, 6.07) is 0.224. The SMILES string of the molecule is CCC(=O)C1CCN(C(C)C)C1=O. The Hall–Kier alpha value is -0.860. The van der Waals surface area contributed by atoms with E-state index in [4.69, 9.17) is 0 Å². The molecule has 13 heavy (non-hydrogen) atoms. The molecule has 1 heterocycles. The Labute approximate surface area is 79.1 Å². The molecule has 0 radical (unpaired) electrons. The van der Waals surface area contributed by atoms with Crippen LogP contribution in [0.3, 0.4) is 0 Å². The average Bonchev–Trinajstić information content (AvgIpc) is 2.46. The summed E-state index contributed by atoms with van der Waals surface area (Å²) in [7, 11) is 0. The van der Waals surface area contributed by atoms with Crippen molar-refractivity contribution in [3.8, 4) is 0 Å². The Morgan fingerprint density at radius 2 is 2.23 bits per heavy atom. The average molecular weight is 183 g/mol. The number of likely N-dealkylation sites (tertiary alicyclic amines) is 1. The van der Waals surface area contributed by atoms with Gasteiger partial charge < -0.3 is 4.90 Å². The Kier molecular flexibility index (Phi) is 3.07. The molecule has 1 aliphatic heterocycles. The minimum atomic E-state index is -0.340. The summed E-state index contributed by atoms with van der Waals surface area (Å²) in [6.07, 6.45) is 1.19. The molecule has 0 aromatic carbocycles. The second-order valence-corrected chi connectivity index (χ2v) is 3.79. The molecule has 1 amide bonds. The predicted octanol–water partition coefficient (Wildman–Crippen LogP) is 1.22. The number of Topliss-reactive ketones (excluding diaryl/α,β-unsaturated/α-hetero) is 1.